The Labute approximate surface area is 106 Å². The van der Waals surface area contributed by atoms with E-state index in [2.05, 4.69) is 0 Å². The maximum Gasteiger partial charge on any atom is 0.243 e. The van der Waals surface area contributed by atoms with Gasteiger partial charge in [0.05, 0.1) is 11.0 Å². The van der Waals surface area contributed by atoms with Crippen LogP contribution in [0.3, 0.4) is 0 Å². The fraction of sp³-hybridized carbons (Fsp3) is 0.455. The number of benzene rings is 1. The van der Waals surface area contributed by atoms with Gasteiger partial charge in [-0.1, -0.05) is 17.7 Å². The van der Waals surface area contributed by atoms with Gasteiger partial charge in [0.15, 0.2) is 0 Å². The molecule has 2 rings (SSSR count). The molecule has 1 aliphatic heterocycles. The molecule has 0 amide bonds. The summed E-state index contributed by atoms with van der Waals surface area (Å²) in [5, 5.41) is 9.77. The number of sulfonamides is 1. The smallest absolute Gasteiger partial charge is 0.243 e. The molecule has 0 unspecified atom stereocenters. The predicted molar refractivity (Wildman–Crippen MR) is 65.5 cm³/mol. The monoisotopic (exact) mass is 275 g/mol. The summed E-state index contributed by atoms with van der Waals surface area (Å²) in [5.74, 6) is 0. The van der Waals surface area contributed by atoms with Crippen molar-refractivity contribution < 1.29 is 13.5 Å². The van der Waals surface area contributed by atoms with E-state index in [0.29, 0.717) is 31.0 Å². The lowest BCUT2D eigenvalue weighted by Crippen LogP contribution is -2.39. The molecule has 17 heavy (non-hydrogen) atoms. The normalized spacial score (nSPS) is 19.4. The van der Waals surface area contributed by atoms with Crippen molar-refractivity contribution in [2.45, 2.75) is 23.8 Å². The van der Waals surface area contributed by atoms with Gasteiger partial charge in [0.2, 0.25) is 10.0 Å². The van der Waals surface area contributed by atoms with E-state index in [1.807, 2.05) is 0 Å². The number of hydrogen-bond donors (Lipinski definition) is 1. The highest BCUT2D eigenvalue weighted by Gasteiger charge is 2.28. The first-order chi connectivity index (χ1) is 8.00. The molecule has 1 N–H and O–H groups in total. The van der Waals surface area contributed by atoms with Gasteiger partial charge in [0, 0.05) is 18.1 Å². The molecule has 0 aromatic heterocycles. The number of rotatable bonds is 2. The second kappa shape index (κ2) is 4.94. The fourth-order valence-corrected chi connectivity index (χ4v) is 3.63. The van der Waals surface area contributed by atoms with Crippen LogP contribution in [0.15, 0.2) is 29.2 Å². The van der Waals surface area contributed by atoms with Crippen molar-refractivity contribution in [1.82, 2.24) is 4.31 Å². The van der Waals surface area contributed by atoms with Gasteiger partial charge in [-0.25, -0.2) is 8.42 Å². The molecule has 0 spiro atoms. The van der Waals surface area contributed by atoms with Crippen LogP contribution in [0.5, 0.6) is 0 Å². The number of hydrogen-bond acceptors (Lipinski definition) is 3. The predicted octanol–water partition coefficient (Wildman–Crippen LogP) is 1.49. The van der Waals surface area contributed by atoms with Crippen LogP contribution in [0.4, 0.5) is 0 Å². The minimum atomic E-state index is -3.47. The van der Waals surface area contributed by atoms with Crippen molar-refractivity contribution in [1.29, 1.82) is 0 Å². The third-order valence-corrected chi connectivity index (χ3v) is 4.99. The molecule has 6 heteroatoms. The van der Waals surface area contributed by atoms with Crippen LogP contribution in [-0.4, -0.2) is 37.0 Å². The van der Waals surface area contributed by atoms with E-state index in [4.69, 9.17) is 11.6 Å². The van der Waals surface area contributed by atoms with Crippen LogP contribution in [0.25, 0.3) is 0 Å². The van der Waals surface area contributed by atoms with Crippen LogP contribution in [0, 0.1) is 0 Å². The zero-order chi connectivity index (χ0) is 12.5. The van der Waals surface area contributed by atoms with Gasteiger partial charge < -0.3 is 5.11 Å². The first kappa shape index (κ1) is 12.8. The SMILES string of the molecule is O=S(=O)(c1cccc(Cl)c1)N1CCC(O)CC1. The third kappa shape index (κ3) is 2.80. The molecule has 0 saturated carbocycles. The maximum absolute atomic E-state index is 12.2. The molecule has 1 aliphatic rings. The summed E-state index contributed by atoms with van der Waals surface area (Å²) in [6.45, 7) is 0.714. The first-order valence-corrected chi connectivity index (χ1v) is 7.26. The largest absolute Gasteiger partial charge is 0.393 e. The summed E-state index contributed by atoms with van der Waals surface area (Å²) in [6.07, 6.45) is 0.584. The number of piperidine rings is 1. The number of aliphatic hydroxyl groups excluding tert-OH is 1. The summed E-state index contributed by atoms with van der Waals surface area (Å²) in [6, 6.07) is 6.24. The van der Waals surface area contributed by atoms with Crippen LogP contribution in [-0.2, 0) is 10.0 Å². The molecule has 1 heterocycles. The topological polar surface area (TPSA) is 57.6 Å². The van der Waals surface area contributed by atoms with E-state index >= 15 is 0 Å². The van der Waals surface area contributed by atoms with E-state index in [1.54, 1.807) is 12.1 Å². The quantitative estimate of drug-likeness (QED) is 0.890. The van der Waals surface area contributed by atoms with Crippen molar-refractivity contribution in [2.75, 3.05) is 13.1 Å². The highest BCUT2D eigenvalue weighted by Crippen LogP contribution is 2.22. The Kier molecular flexibility index (Phi) is 3.73. The lowest BCUT2D eigenvalue weighted by molar-refractivity contribution is 0.113. The number of aliphatic hydroxyl groups is 1. The summed E-state index contributed by atoms with van der Waals surface area (Å²) in [5.41, 5.74) is 0. The molecule has 1 aromatic rings. The van der Waals surface area contributed by atoms with E-state index in [1.165, 1.54) is 16.4 Å². The van der Waals surface area contributed by atoms with E-state index in [0.717, 1.165) is 0 Å². The second-order valence-corrected chi connectivity index (χ2v) is 6.47. The molecule has 94 valence electrons. The zero-order valence-corrected chi connectivity index (χ0v) is 10.8. The second-order valence-electron chi connectivity index (χ2n) is 4.09. The third-order valence-electron chi connectivity index (χ3n) is 2.86. The Bertz CT molecular complexity index is 495. The Morgan fingerprint density at radius 3 is 2.53 bits per heavy atom. The van der Waals surface area contributed by atoms with Gasteiger partial charge in [-0.15, -0.1) is 0 Å². The van der Waals surface area contributed by atoms with Crippen LogP contribution in [0.2, 0.25) is 5.02 Å². The van der Waals surface area contributed by atoms with Gasteiger partial charge >= 0.3 is 0 Å². The molecule has 0 aliphatic carbocycles. The lowest BCUT2D eigenvalue weighted by Gasteiger charge is -2.28. The average molecular weight is 276 g/mol. The van der Waals surface area contributed by atoms with Gasteiger partial charge in [0.1, 0.15) is 0 Å². The Balaban J connectivity index is 2.25. The van der Waals surface area contributed by atoms with Crippen molar-refractivity contribution in [3.05, 3.63) is 29.3 Å². The minimum absolute atomic E-state index is 0.210. The van der Waals surface area contributed by atoms with Crippen LogP contribution in [0.1, 0.15) is 12.8 Å². The molecular formula is C11H14ClNO3S. The molecule has 1 saturated heterocycles. The standard InChI is InChI=1S/C11H14ClNO3S/c12-9-2-1-3-11(8-9)17(15,16)13-6-4-10(14)5-7-13/h1-3,8,10,14H,4-7H2. The van der Waals surface area contributed by atoms with Gasteiger partial charge in [-0.3, -0.25) is 0 Å². The molecule has 1 fully saturated rings. The van der Waals surface area contributed by atoms with E-state index in [-0.39, 0.29) is 11.0 Å². The van der Waals surface area contributed by atoms with Crippen molar-refractivity contribution in [2.24, 2.45) is 0 Å². The van der Waals surface area contributed by atoms with Crippen LogP contribution < -0.4 is 0 Å². The molecular weight excluding hydrogens is 262 g/mol. The Morgan fingerprint density at radius 2 is 1.94 bits per heavy atom. The number of nitrogens with zero attached hydrogens (tertiary/aromatic N) is 1. The number of halogens is 1. The molecule has 4 nitrogen and oxygen atoms in total. The minimum Gasteiger partial charge on any atom is -0.393 e. The summed E-state index contributed by atoms with van der Waals surface area (Å²) in [4.78, 5) is 0.210. The van der Waals surface area contributed by atoms with Crippen molar-refractivity contribution >= 4 is 21.6 Å². The molecule has 0 bridgehead atoms. The van der Waals surface area contributed by atoms with Gasteiger partial charge in [0.25, 0.3) is 0 Å². The Hall–Kier alpha value is -0.620. The fourth-order valence-electron chi connectivity index (χ4n) is 1.86. The molecule has 0 radical (unpaired) electrons. The van der Waals surface area contributed by atoms with Crippen molar-refractivity contribution in [3.63, 3.8) is 0 Å². The first-order valence-electron chi connectivity index (χ1n) is 5.44. The van der Waals surface area contributed by atoms with Gasteiger partial charge in [-0.05, 0) is 31.0 Å². The van der Waals surface area contributed by atoms with Crippen molar-refractivity contribution in [3.8, 4) is 0 Å². The molecule has 0 atom stereocenters. The highest BCUT2D eigenvalue weighted by atomic mass is 35.5. The van der Waals surface area contributed by atoms with E-state index < -0.39 is 10.0 Å². The van der Waals surface area contributed by atoms with Crippen LogP contribution >= 0.6 is 11.6 Å². The lowest BCUT2D eigenvalue weighted by atomic mass is 10.1. The Morgan fingerprint density at radius 1 is 1.29 bits per heavy atom. The summed E-state index contributed by atoms with van der Waals surface area (Å²) >= 11 is 5.79. The zero-order valence-electron chi connectivity index (χ0n) is 9.21. The highest BCUT2D eigenvalue weighted by molar-refractivity contribution is 7.89. The summed E-state index contributed by atoms with van der Waals surface area (Å²) < 4.78 is 25.9. The molecule has 1 aromatic carbocycles. The average Bonchev–Trinajstić information content (AvgIpc) is 2.29. The van der Waals surface area contributed by atoms with Gasteiger partial charge in [-0.2, -0.15) is 4.31 Å². The summed E-state index contributed by atoms with van der Waals surface area (Å²) in [7, 11) is -3.47. The van der Waals surface area contributed by atoms with E-state index in [9.17, 15) is 13.5 Å². The maximum atomic E-state index is 12.2.